The van der Waals surface area contributed by atoms with Gasteiger partial charge in [-0.15, -0.1) is 0 Å². The Kier molecular flexibility index (Phi) is 3.66. The zero-order valence-corrected chi connectivity index (χ0v) is 8.15. The van der Waals surface area contributed by atoms with Gasteiger partial charge in [0.05, 0.1) is 5.02 Å². The first kappa shape index (κ1) is 11.2. The number of alkyl halides is 2. The van der Waals surface area contributed by atoms with Gasteiger partial charge >= 0.3 is 6.61 Å². The summed E-state index contributed by atoms with van der Waals surface area (Å²) in [4.78, 5) is 10.4. The fourth-order valence-corrected chi connectivity index (χ4v) is 1.21. The second-order valence-electron chi connectivity index (χ2n) is 2.31. The standard InChI is InChI=1S/C8H4Cl2F2O2/c9-5-1-4(3-13)2-6(7(5)10)14-8(11)12/h1-3,8H. The zero-order valence-electron chi connectivity index (χ0n) is 6.64. The van der Waals surface area contributed by atoms with E-state index < -0.39 is 6.61 Å². The summed E-state index contributed by atoms with van der Waals surface area (Å²) in [6.07, 6.45) is 0.459. The molecule has 0 unspecified atom stereocenters. The number of carbonyl (C=O) groups is 1. The van der Waals surface area contributed by atoms with Crippen LogP contribution in [0.15, 0.2) is 12.1 Å². The average molecular weight is 241 g/mol. The van der Waals surface area contributed by atoms with Crippen LogP contribution < -0.4 is 4.74 Å². The Morgan fingerprint density at radius 3 is 2.50 bits per heavy atom. The van der Waals surface area contributed by atoms with Crippen LogP contribution in [-0.4, -0.2) is 12.9 Å². The molecule has 0 amide bonds. The van der Waals surface area contributed by atoms with Crippen LogP contribution in [0.3, 0.4) is 0 Å². The molecule has 0 aliphatic rings. The smallest absolute Gasteiger partial charge is 0.387 e. The maximum Gasteiger partial charge on any atom is 0.387 e. The molecular weight excluding hydrogens is 237 g/mol. The second kappa shape index (κ2) is 4.57. The van der Waals surface area contributed by atoms with Crippen molar-refractivity contribution in [2.45, 2.75) is 6.61 Å². The highest BCUT2D eigenvalue weighted by atomic mass is 35.5. The van der Waals surface area contributed by atoms with Gasteiger partial charge in [-0.3, -0.25) is 4.79 Å². The minimum atomic E-state index is -3.01. The van der Waals surface area contributed by atoms with Crippen LogP contribution in [0, 0.1) is 0 Å². The van der Waals surface area contributed by atoms with Crippen molar-refractivity contribution in [3.63, 3.8) is 0 Å². The molecule has 0 atom stereocenters. The fraction of sp³-hybridized carbons (Fsp3) is 0.125. The molecule has 0 radical (unpaired) electrons. The third-order valence-electron chi connectivity index (χ3n) is 1.37. The van der Waals surface area contributed by atoms with Crippen molar-refractivity contribution in [2.24, 2.45) is 0 Å². The molecule has 0 saturated heterocycles. The van der Waals surface area contributed by atoms with Gasteiger partial charge in [0.15, 0.2) is 0 Å². The number of rotatable bonds is 3. The maximum atomic E-state index is 11.9. The summed E-state index contributed by atoms with van der Waals surface area (Å²) in [5.41, 5.74) is 0.120. The normalized spacial score (nSPS) is 10.4. The van der Waals surface area contributed by atoms with E-state index in [4.69, 9.17) is 23.2 Å². The van der Waals surface area contributed by atoms with Gasteiger partial charge in [-0.1, -0.05) is 23.2 Å². The summed E-state index contributed by atoms with van der Waals surface area (Å²) in [5, 5.41) is -0.149. The van der Waals surface area contributed by atoms with Crippen LogP contribution in [0.4, 0.5) is 8.78 Å². The molecule has 0 aromatic heterocycles. The minimum Gasteiger partial charge on any atom is -0.433 e. The molecule has 0 aliphatic heterocycles. The van der Waals surface area contributed by atoms with Crippen LogP contribution in [0.2, 0.25) is 10.0 Å². The summed E-state index contributed by atoms with van der Waals surface area (Å²) in [6, 6.07) is 2.35. The number of aldehydes is 1. The largest absolute Gasteiger partial charge is 0.433 e. The van der Waals surface area contributed by atoms with E-state index >= 15 is 0 Å². The van der Waals surface area contributed by atoms with Gasteiger partial charge in [0.25, 0.3) is 0 Å². The van der Waals surface area contributed by atoms with Gasteiger partial charge in [-0.2, -0.15) is 8.78 Å². The molecule has 6 heteroatoms. The molecule has 1 aromatic carbocycles. The number of hydrogen-bond acceptors (Lipinski definition) is 2. The Bertz CT molecular complexity index is 355. The van der Waals surface area contributed by atoms with Crippen LogP contribution in [-0.2, 0) is 0 Å². The molecule has 0 bridgehead atoms. The van der Waals surface area contributed by atoms with E-state index in [-0.39, 0.29) is 21.4 Å². The maximum absolute atomic E-state index is 11.9. The number of halogens is 4. The highest BCUT2D eigenvalue weighted by molar-refractivity contribution is 6.43. The number of carbonyl (C=O) groups excluding carboxylic acids is 1. The molecule has 0 N–H and O–H groups in total. The average Bonchev–Trinajstić information content (AvgIpc) is 2.11. The summed E-state index contributed by atoms with van der Waals surface area (Å²) in [6.45, 7) is -3.01. The zero-order chi connectivity index (χ0) is 10.7. The highest BCUT2D eigenvalue weighted by Gasteiger charge is 2.12. The molecule has 2 nitrogen and oxygen atoms in total. The summed E-state index contributed by atoms with van der Waals surface area (Å²) in [5.74, 6) is -0.309. The van der Waals surface area contributed by atoms with E-state index in [1.165, 1.54) is 6.07 Å². The van der Waals surface area contributed by atoms with Gasteiger partial charge in [-0.05, 0) is 12.1 Å². The van der Waals surface area contributed by atoms with Gasteiger partial charge in [0, 0.05) is 5.56 Å². The number of hydrogen-bond donors (Lipinski definition) is 0. The van der Waals surface area contributed by atoms with E-state index in [0.29, 0.717) is 6.29 Å². The van der Waals surface area contributed by atoms with Crippen molar-refractivity contribution in [1.29, 1.82) is 0 Å². The van der Waals surface area contributed by atoms with E-state index in [1.54, 1.807) is 0 Å². The van der Waals surface area contributed by atoms with Crippen molar-refractivity contribution in [2.75, 3.05) is 0 Å². The predicted molar refractivity (Wildman–Crippen MR) is 48.5 cm³/mol. The molecule has 14 heavy (non-hydrogen) atoms. The van der Waals surface area contributed by atoms with E-state index in [9.17, 15) is 13.6 Å². The first-order valence-corrected chi connectivity index (χ1v) is 4.19. The Morgan fingerprint density at radius 1 is 1.36 bits per heavy atom. The molecule has 0 saturated carbocycles. The van der Waals surface area contributed by atoms with Crippen LogP contribution >= 0.6 is 23.2 Å². The lowest BCUT2D eigenvalue weighted by molar-refractivity contribution is -0.0498. The minimum absolute atomic E-state index is 0.00748. The molecular formula is C8H4Cl2F2O2. The molecule has 1 rings (SSSR count). The lowest BCUT2D eigenvalue weighted by Gasteiger charge is -2.07. The van der Waals surface area contributed by atoms with E-state index in [1.807, 2.05) is 0 Å². The van der Waals surface area contributed by atoms with Crippen molar-refractivity contribution in [3.8, 4) is 5.75 Å². The molecule has 0 heterocycles. The molecule has 76 valence electrons. The first-order chi connectivity index (χ1) is 6.54. The van der Waals surface area contributed by atoms with Gasteiger partial charge in [0.1, 0.15) is 17.1 Å². The Hall–Kier alpha value is -0.870. The Balaban J connectivity index is 3.13. The van der Waals surface area contributed by atoms with Crippen LogP contribution in [0.1, 0.15) is 10.4 Å². The summed E-state index contributed by atoms with van der Waals surface area (Å²) in [7, 11) is 0. The lowest BCUT2D eigenvalue weighted by atomic mass is 10.2. The van der Waals surface area contributed by atoms with Gasteiger partial charge in [0.2, 0.25) is 0 Å². The molecule has 0 aliphatic carbocycles. The van der Waals surface area contributed by atoms with Gasteiger partial charge < -0.3 is 4.74 Å². The monoisotopic (exact) mass is 240 g/mol. The predicted octanol–water partition coefficient (Wildman–Crippen LogP) is 3.41. The van der Waals surface area contributed by atoms with Crippen LogP contribution in [0.5, 0.6) is 5.75 Å². The van der Waals surface area contributed by atoms with Gasteiger partial charge in [-0.25, -0.2) is 0 Å². The van der Waals surface area contributed by atoms with E-state index in [0.717, 1.165) is 6.07 Å². The topological polar surface area (TPSA) is 26.3 Å². The quantitative estimate of drug-likeness (QED) is 0.758. The highest BCUT2D eigenvalue weighted by Crippen LogP contribution is 2.33. The van der Waals surface area contributed by atoms with Crippen molar-refractivity contribution in [3.05, 3.63) is 27.7 Å². The first-order valence-electron chi connectivity index (χ1n) is 3.43. The number of benzene rings is 1. The Labute approximate surface area is 88.4 Å². The second-order valence-corrected chi connectivity index (χ2v) is 3.10. The fourth-order valence-electron chi connectivity index (χ4n) is 0.834. The lowest BCUT2D eigenvalue weighted by Crippen LogP contribution is -2.03. The van der Waals surface area contributed by atoms with Crippen molar-refractivity contribution >= 4 is 29.5 Å². The number of ether oxygens (including phenoxy) is 1. The molecule has 0 spiro atoms. The summed E-state index contributed by atoms with van der Waals surface area (Å²) < 4.78 is 27.8. The van der Waals surface area contributed by atoms with Crippen molar-refractivity contribution < 1.29 is 18.3 Å². The van der Waals surface area contributed by atoms with E-state index in [2.05, 4.69) is 4.74 Å². The molecule has 0 fully saturated rings. The third kappa shape index (κ3) is 2.56. The van der Waals surface area contributed by atoms with Crippen LogP contribution in [0.25, 0.3) is 0 Å². The Morgan fingerprint density at radius 2 is 2.00 bits per heavy atom. The van der Waals surface area contributed by atoms with Crippen molar-refractivity contribution in [1.82, 2.24) is 0 Å². The SMILES string of the molecule is O=Cc1cc(Cl)c(Cl)c(OC(F)F)c1. The summed E-state index contributed by atoms with van der Waals surface area (Å²) >= 11 is 11.1. The molecule has 1 aromatic rings. The third-order valence-corrected chi connectivity index (χ3v) is 2.15.